The van der Waals surface area contributed by atoms with Crippen LogP contribution in [0, 0.1) is 6.92 Å². The number of aromatic nitrogens is 2. The van der Waals surface area contributed by atoms with Crippen LogP contribution in [0.1, 0.15) is 32.2 Å². The summed E-state index contributed by atoms with van der Waals surface area (Å²) < 4.78 is 0. The van der Waals surface area contributed by atoms with Crippen molar-refractivity contribution in [2.75, 3.05) is 24.2 Å². The maximum Gasteiger partial charge on any atom is 0.137 e. The van der Waals surface area contributed by atoms with Gasteiger partial charge in [0.2, 0.25) is 0 Å². The van der Waals surface area contributed by atoms with Gasteiger partial charge in [-0.05, 0) is 20.8 Å². The van der Waals surface area contributed by atoms with E-state index in [1.807, 2.05) is 25.8 Å². The first-order valence-corrected chi connectivity index (χ1v) is 5.81. The van der Waals surface area contributed by atoms with Crippen molar-refractivity contribution in [3.8, 4) is 0 Å². The quantitative estimate of drug-likeness (QED) is 0.822. The van der Waals surface area contributed by atoms with E-state index in [1.54, 1.807) is 13.8 Å². The molecular weight excluding hydrogens is 216 g/mol. The van der Waals surface area contributed by atoms with E-state index in [9.17, 15) is 5.11 Å². The Kier molecular flexibility index (Phi) is 3.93. The minimum absolute atomic E-state index is 0.493. The van der Waals surface area contributed by atoms with Gasteiger partial charge in [0, 0.05) is 25.6 Å². The fraction of sp³-hybridized carbons (Fsp3) is 0.667. The molecule has 1 aromatic rings. The van der Waals surface area contributed by atoms with Gasteiger partial charge in [-0.1, -0.05) is 6.92 Å². The van der Waals surface area contributed by atoms with Crippen molar-refractivity contribution >= 4 is 11.6 Å². The third-order valence-electron chi connectivity index (χ3n) is 2.51. The van der Waals surface area contributed by atoms with Crippen LogP contribution < -0.4 is 10.6 Å². The number of aliphatic hydroxyl groups is 1. The minimum atomic E-state index is -0.771. The molecular formula is C12H22N4O. The number of likely N-dealkylation sites (N-methyl/N-ethyl adjacent to an activating group) is 1. The molecule has 0 aliphatic carbocycles. The summed E-state index contributed by atoms with van der Waals surface area (Å²) in [5.74, 6) is 2.02. The van der Waals surface area contributed by atoms with Crippen molar-refractivity contribution in [3.63, 3.8) is 0 Å². The first-order chi connectivity index (χ1) is 7.74. The van der Waals surface area contributed by atoms with Gasteiger partial charge in [0.25, 0.3) is 0 Å². The van der Waals surface area contributed by atoms with Gasteiger partial charge in [-0.3, -0.25) is 0 Å². The predicted molar refractivity (Wildman–Crippen MR) is 70.1 cm³/mol. The zero-order chi connectivity index (χ0) is 13.2. The van der Waals surface area contributed by atoms with E-state index < -0.39 is 5.60 Å². The van der Waals surface area contributed by atoms with Crippen molar-refractivity contribution < 1.29 is 5.11 Å². The van der Waals surface area contributed by atoms with Gasteiger partial charge < -0.3 is 15.7 Å². The minimum Gasteiger partial charge on any atom is -0.389 e. The Labute approximate surface area is 103 Å². The number of nitrogens with zero attached hydrogens (tertiary/aromatic N) is 3. The second-order valence-corrected chi connectivity index (χ2v) is 5.00. The van der Waals surface area contributed by atoms with Gasteiger partial charge in [0.15, 0.2) is 0 Å². The number of aryl methyl sites for hydroxylation is 1. The summed E-state index contributed by atoms with van der Waals surface area (Å²) in [6.07, 6.45) is 0.744. The number of anilines is 2. The van der Waals surface area contributed by atoms with Crippen LogP contribution >= 0.6 is 0 Å². The van der Waals surface area contributed by atoms with Crippen molar-refractivity contribution in [2.45, 2.75) is 39.7 Å². The topological polar surface area (TPSA) is 75.3 Å². The van der Waals surface area contributed by atoms with E-state index in [-0.39, 0.29) is 0 Å². The van der Waals surface area contributed by atoms with Crippen LogP contribution in [0.2, 0.25) is 0 Å². The Morgan fingerprint density at radius 1 is 1.35 bits per heavy atom. The van der Waals surface area contributed by atoms with Gasteiger partial charge in [0.1, 0.15) is 17.5 Å². The number of nitrogens with two attached hydrogens (primary N) is 1. The first-order valence-electron chi connectivity index (χ1n) is 5.81. The van der Waals surface area contributed by atoms with Crippen LogP contribution in [0.25, 0.3) is 0 Å². The lowest BCUT2D eigenvalue weighted by Gasteiger charge is -2.27. The van der Waals surface area contributed by atoms with Gasteiger partial charge in [-0.15, -0.1) is 0 Å². The Bertz CT molecular complexity index is 398. The van der Waals surface area contributed by atoms with Crippen LogP contribution in [0.3, 0.4) is 0 Å². The summed E-state index contributed by atoms with van der Waals surface area (Å²) in [6.45, 7) is 7.91. The lowest BCUT2D eigenvalue weighted by Crippen LogP contribution is -2.37. The molecule has 0 spiro atoms. The Balaban J connectivity index is 3.08. The van der Waals surface area contributed by atoms with Crippen LogP contribution in [0.15, 0.2) is 0 Å². The third-order valence-corrected chi connectivity index (χ3v) is 2.51. The lowest BCUT2D eigenvalue weighted by atomic mass is 10.1. The van der Waals surface area contributed by atoms with E-state index in [4.69, 9.17) is 5.73 Å². The Morgan fingerprint density at radius 3 is 2.41 bits per heavy atom. The van der Waals surface area contributed by atoms with Crippen molar-refractivity contribution in [1.82, 2.24) is 9.97 Å². The van der Waals surface area contributed by atoms with Crippen molar-refractivity contribution in [3.05, 3.63) is 11.4 Å². The van der Waals surface area contributed by atoms with Crippen LogP contribution in [-0.4, -0.2) is 34.3 Å². The molecule has 5 heteroatoms. The number of hydrogen-bond acceptors (Lipinski definition) is 5. The van der Waals surface area contributed by atoms with E-state index in [2.05, 4.69) is 9.97 Å². The van der Waals surface area contributed by atoms with E-state index in [0.717, 1.165) is 23.6 Å². The first kappa shape index (κ1) is 13.7. The zero-order valence-electron chi connectivity index (χ0n) is 11.3. The molecule has 0 aromatic carbocycles. The molecule has 0 fully saturated rings. The molecule has 3 N–H and O–H groups in total. The predicted octanol–water partition coefficient (Wildman–Crippen LogP) is 1.14. The highest BCUT2D eigenvalue weighted by atomic mass is 16.3. The number of nitrogen functional groups attached to an aromatic ring is 1. The van der Waals surface area contributed by atoms with Crippen molar-refractivity contribution in [2.24, 2.45) is 0 Å². The van der Waals surface area contributed by atoms with Gasteiger partial charge in [-0.2, -0.15) is 0 Å². The normalized spacial score (nSPS) is 11.6. The summed E-state index contributed by atoms with van der Waals surface area (Å²) in [4.78, 5) is 10.6. The molecule has 0 amide bonds. The van der Waals surface area contributed by atoms with Gasteiger partial charge in [0.05, 0.1) is 5.60 Å². The maximum absolute atomic E-state index is 9.82. The van der Waals surface area contributed by atoms with E-state index in [1.165, 1.54) is 0 Å². The maximum atomic E-state index is 9.82. The average molecular weight is 238 g/mol. The van der Waals surface area contributed by atoms with Crippen molar-refractivity contribution in [1.29, 1.82) is 0 Å². The standard InChI is InChI=1S/C12H22N4O/c1-6-9-14-10(13)8(2)11(15-9)16(5)7-12(3,4)17/h17H,6-7H2,1-5H3,(H2,13,14,15). The average Bonchev–Trinajstić information content (AvgIpc) is 2.19. The second kappa shape index (κ2) is 4.87. The molecule has 17 heavy (non-hydrogen) atoms. The Hall–Kier alpha value is -1.36. The summed E-state index contributed by atoms with van der Waals surface area (Å²) >= 11 is 0. The molecule has 0 atom stereocenters. The Morgan fingerprint density at radius 2 is 1.94 bits per heavy atom. The highest BCUT2D eigenvalue weighted by molar-refractivity contribution is 5.56. The van der Waals surface area contributed by atoms with E-state index in [0.29, 0.717) is 12.4 Å². The third kappa shape index (κ3) is 3.56. The molecule has 5 nitrogen and oxygen atoms in total. The number of rotatable bonds is 4. The largest absolute Gasteiger partial charge is 0.389 e. The van der Waals surface area contributed by atoms with Crippen LogP contribution in [0.5, 0.6) is 0 Å². The fourth-order valence-electron chi connectivity index (χ4n) is 1.75. The molecule has 0 unspecified atom stereocenters. The SMILES string of the molecule is CCc1nc(N)c(C)c(N(C)CC(C)(C)O)n1. The molecule has 96 valence electrons. The molecule has 1 heterocycles. The molecule has 0 aliphatic rings. The van der Waals surface area contributed by atoms with E-state index >= 15 is 0 Å². The monoisotopic (exact) mass is 238 g/mol. The number of hydrogen-bond donors (Lipinski definition) is 2. The molecule has 0 bridgehead atoms. The second-order valence-electron chi connectivity index (χ2n) is 5.00. The summed E-state index contributed by atoms with van der Waals surface area (Å²) in [5, 5.41) is 9.82. The highest BCUT2D eigenvalue weighted by Crippen LogP contribution is 2.22. The molecule has 0 aliphatic heterocycles. The van der Waals surface area contributed by atoms with Gasteiger partial charge >= 0.3 is 0 Å². The van der Waals surface area contributed by atoms with Gasteiger partial charge in [-0.25, -0.2) is 9.97 Å². The fourth-order valence-corrected chi connectivity index (χ4v) is 1.75. The molecule has 0 saturated carbocycles. The lowest BCUT2D eigenvalue weighted by molar-refractivity contribution is 0.0884. The summed E-state index contributed by atoms with van der Waals surface area (Å²) in [6, 6.07) is 0. The summed E-state index contributed by atoms with van der Waals surface area (Å²) in [7, 11) is 1.90. The molecule has 1 rings (SSSR count). The zero-order valence-corrected chi connectivity index (χ0v) is 11.3. The van der Waals surface area contributed by atoms with Crippen LogP contribution in [-0.2, 0) is 6.42 Å². The summed E-state index contributed by atoms with van der Waals surface area (Å²) in [5.41, 5.74) is 5.94. The smallest absolute Gasteiger partial charge is 0.137 e. The van der Waals surface area contributed by atoms with Crippen LogP contribution in [0.4, 0.5) is 11.6 Å². The molecule has 0 radical (unpaired) electrons. The molecule has 1 aromatic heterocycles. The highest BCUT2D eigenvalue weighted by Gasteiger charge is 2.19. The molecule has 0 saturated heterocycles.